The molecule has 0 fully saturated rings. The van der Waals surface area contributed by atoms with Crippen LogP contribution in [0.25, 0.3) is 0 Å². The lowest BCUT2D eigenvalue weighted by Gasteiger charge is -2.10. The molecule has 1 atom stereocenters. The van der Waals surface area contributed by atoms with Crippen molar-refractivity contribution in [3.05, 3.63) is 54.9 Å². The smallest absolute Gasteiger partial charge is 0.141 e. The van der Waals surface area contributed by atoms with Gasteiger partial charge in [0.25, 0.3) is 0 Å². The van der Waals surface area contributed by atoms with Crippen molar-refractivity contribution in [3.63, 3.8) is 0 Å². The average molecular weight is 326 g/mol. The van der Waals surface area contributed by atoms with Crippen LogP contribution in [0.1, 0.15) is 17.2 Å². The summed E-state index contributed by atoms with van der Waals surface area (Å²) < 4.78 is 14.0. The zero-order chi connectivity index (χ0) is 13.3. The number of hydrogen-bond donors (Lipinski definition) is 1. The lowest BCUT2D eigenvalue weighted by Crippen LogP contribution is -2.01. The largest absolute Gasteiger partial charge is 0.388 e. The molecule has 96 valence electrons. The topological polar surface area (TPSA) is 20.2 Å². The maximum atomic E-state index is 13.0. The zero-order valence-electron chi connectivity index (χ0n) is 8.96. The number of benzene rings is 1. The third kappa shape index (κ3) is 3.16. The highest BCUT2D eigenvalue weighted by Gasteiger charge is 2.16. The first-order valence-electron chi connectivity index (χ1n) is 5.04. The Balaban J connectivity index is 2.18. The SMILES string of the molecule is OC(Cc1ccc(F)c(Cl)c1)c1cc(Cl)sc1Cl. The van der Waals surface area contributed by atoms with Crippen LogP contribution in [0.4, 0.5) is 4.39 Å². The molecule has 0 radical (unpaired) electrons. The van der Waals surface area contributed by atoms with Crippen LogP contribution in [-0.4, -0.2) is 5.11 Å². The minimum atomic E-state index is -0.789. The van der Waals surface area contributed by atoms with Crippen LogP contribution in [0.15, 0.2) is 24.3 Å². The van der Waals surface area contributed by atoms with Gasteiger partial charge in [-0.1, -0.05) is 40.9 Å². The molecule has 0 spiro atoms. The summed E-state index contributed by atoms with van der Waals surface area (Å²) in [5.74, 6) is -0.480. The summed E-state index contributed by atoms with van der Waals surface area (Å²) in [6.07, 6.45) is -0.491. The Kier molecular flexibility index (Phi) is 4.51. The van der Waals surface area contributed by atoms with Gasteiger partial charge in [-0.05, 0) is 23.8 Å². The molecule has 1 aromatic heterocycles. The first kappa shape index (κ1) is 14.1. The lowest BCUT2D eigenvalue weighted by molar-refractivity contribution is 0.179. The zero-order valence-corrected chi connectivity index (χ0v) is 12.0. The molecule has 0 bridgehead atoms. The third-order valence-electron chi connectivity index (χ3n) is 2.46. The Hall–Kier alpha value is -0.320. The van der Waals surface area contributed by atoms with E-state index in [0.717, 1.165) is 5.56 Å². The minimum Gasteiger partial charge on any atom is -0.388 e. The average Bonchev–Trinajstić information content (AvgIpc) is 2.63. The molecule has 2 rings (SSSR count). The molecule has 1 N–H and O–H groups in total. The van der Waals surface area contributed by atoms with Crippen molar-refractivity contribution in [1.82, 2.24) is 0 Å². The molecule has 0 saturated heterocycles. The van der Waals surface area contributed by atoms with Gasteiger partial charge in [0.2, 0.25) is 0 Å². The maximum absolute atomic E-state index is 13.0. The van der Waals surface area contributed by atoms with Gasteiger partial charge < -0.3 is 5.11 Å². The van der Waals surface area contributed by atoms with Crippen LogP contribution in [0.3, 0.4) is 0 Å². The predicted octanol–water partition coefficient (Wildman–Crippen LogP) is 5.12. The van der Waals surface area contributed by atoms with Gasteiger partial charge in [-0.3, -0.25) is 0 Å². The molecule has 0 aliphatic carbocycles. The fourth-order valence-electron chi connectivity index (χ4n) is 1.58. The molecule has 1 nitrogen and oxygen atoms in total. The van der Waals surface area contributed by atoms with E-state index < -0.39 is 11.9 Å². The van der Waals surface area contributed by atoms with Crippen LogP contribution >= 0.6 is 46.1 Å². The van der Waals surface area contributed by atoms with Crippen LogP contribution in [0.2, 0.25) is 13.7 Å². The second-order valence-corrected chi connectivity index (χ2v) is 6.44. The van der Waals surface area contributed by atoms with Crippen molar-refractivity contribution in [2.75, 3.05) is 0 Å². The second kappa shape index (κ2) is 5.76. The quantitative estimate of drug-likeness (QED) is 0.830. The van der Waals surface area contributed by atoms with E-state index in [4.69, 9.17) is 34.8 Å². The summed E-state index contributed by atoms with van der Waals surface area (Å²) in [6.45, 7) is 0. The molecule has 18 heavy (non-hydrogen) atoms. The highest BCUT2D eigenvalue weighted by atomic mass is 35.5. The van der Waals surface area contributed by atoms with E-state index in [1.54, 1.807) is 12.1 Å². The molecule has 1 heterocycles. The van der Waals surface area contributed by atoms with E-state index in [-0.39, 0.29) is 5.02 Å². The first-order valence-corrected chi connectivity index (χ1v) is 6.99. The summed E-state index contributed by atoms with van der Waals surface area (Å²) in [4.78, 5) is 0. The molecule has 0 aliphatic rings. The highest BCUT2D eigenvalue weighted by molar-refractivity contribution is 7.20. The number of hydrogen-bond acceptors (Lipinski definition) is 2. The standard InChI is InChI=1S/C12H8Cl3FOS/c13-8-3-6(1-2-9(8)16)4-10(17)7-5-11(14)18-12(7)15/h1-3,5,10,17H,4H2. The van der Waals surface area contributed by atoms with Gasteiger partial charge >= 0.3 is 0 Å². The summed E-state index contributed by atoms with van der Waals surface area (Å²) >= 11 is 18.6. The van der Waals surface area contributed by atoms with Crippen molar-refractivity contribution >= 4 is 46.1 Å². The van der Waals surface area contributed by atoms with Gasteiger partial charge in [0.05, 0.1) is 15.5 Å². The fraction of sp³-hybridized carbons (Fsp3) is 0.167. The summed E-state index contributed by atoms with van der Waals surface area (Å²) in [6, 6.07) is 5.96. The van der Waals surface area contributed by atoms with Crippen molar-refractivity contribution in [1.29, 1.82) is 0 Å². The summed E-state index contributed by atoms with van der Waals surface area (Å²) in [7, 11) is 0. The van der Waals surface area contributed by atoms with Crippen LogP contribution in [0, 0.1) is 5.82 Å². The lowest BCUT2D eigenvalue weighted by atomic mass is 10.0. The normalized spacial score (nSPS) is 12.7. The summed E-state index contributed by atoms with van der Waals surface area (Å²) in [5, 5.41) is 10.1. The van der Waals surface area contributed by atoms with E-state index in [1.807, 2.05) is 0 Å². The third-order valence-corrected chi connectivity index (χ3v) is 4.26. The molecule has 1 unspecified atom stereocenters. The molecule has 0 amide bonds. The maximum Gasteiger partial charge on any atom is 0.141 e. The van der Waals surface area contributed by atoms with Crippen molar-refractivity contribution in [2.24, 2.45) is 0 Å². The van der Waals surface area contributed by atoms with E-state index in [1.165, 1.54) is 23.5 Å². The van der Waals surface area contributed by atoms with Gasteiger partial charge in [-0.2, -0.15) is 0 Å². The summed E-state index contributed by atoms with van der Waals surface area (Å²) in [5.41, 5.74) is 1.31. The number of thiophene rings is 1. The fourth-order valence-corrected chi connectivity index (χ4v) is 3.35. The van der Waals surface area contributed by atoms with Crippen molar-refractivity contribution in [3.8, 4) is 0 Å². The Morgan fingerprint density at radius 2 is 1.94 bits per heavy atom. The van der Waals surface area contributed by atoms with Crippen LogP contribution in [-0.2, 0) is 6.42 Å². The van der Waals surface area contributed by atoms with Crippen LogP contribution in [0.5, 0.6) is 0 Å². The molecular weight excluding hydrogens is 318 g/mol. The second-order valence-electron chi connectivity index (χ2n) is 3.75. The van der Waals surface area contributed by atoms with Gasteiger partial charge in [0.15, 0.2) is 0 Å². The Morgan fingerprint density at radius 1 is 1.22 bits per heavy atom. The monoisotopic (exact) mass is 324 g/mol. The molecule has 1 aromatic carbocycles. The minimum absolute atomic E-state index is 0.0362. The number of rotatable bonds is 3. The Morgan fingerprint density at radius 3 is 2.50 bits per heavy atom. The Bertz CT molecular complexity index is 570. The molecule has 0 aliphatic heterocycles. The number of aliphatic hydroxyl groups is 1. The van der Waals surface area contributed by atoms with Gasteiger partial charge in [-0.25, -0.2) is 4.39 Å². The Labute approximate surface area is 123 Å². The molecule has 6 heteroatoms. The van der Waals surface area contributed by atoms with Gasteiger partial charge in [-0.15, -0.1) is 11.3 Å². The molecule has 2 aromatic rings. The van der Waals surface area contributed by atoms with E-state index >= 15 is 0 Å². The predicted molar refractivity (Wildman–Crippen MR) is 74.4 cm³/mol. The van der Waals surface area contributed by atoms with E-state index in [9.17, 15) is 9.50 Å². The van der Waals surface area contributed by atoms with Crippen molar-refractivity contribution in [2.45, 2.75) is 12.5 Å². The molecular formula is C12H8Cl3FOS. The number of aliphatic hydroxyl groups excluding tert-OH is 1. The van der Waals surface area contributed by atoms with Gasteiger partial charge in [0.1, 0.15) is 10.2 Å². The highest BCUT2D eigenvalue weighted by Crippen LogP contribution is 2.36. The van der Waals surface area contributed by atoms with Gasteiger partial charge in [0, 0.05) is 12.0 Å². The first-order chi connectivity index (χ1) is 8.47. The van der Waals surface area contributed by atoms with Crippen LogP contribution < -0.4 is 0 Å². The van der Waals surface area contributed by atoms with E-state index in [2.05, 4.69) is 0 Å². The molecule has 0 saturated carbocycles. The number of halogens is 4. The van der Waals surface area contributed by atoms with Crippen molar-refractivity contribution < 1.29 is 9.50 Å². The van der Waals surface area contributed by atoms with E-state index in [0.29, 0.717) is 20.7 Å².